The Balaban J connectivity index is 0.000000156. The van der Waals surface area contributed by atoms with Gasteiger partial charge in [-0.25, -0.2) is 15.0 Å². The normalized spacial score (nSPS) is 14.1. The molecule has 0 atom stereocenters. The van der Waals surface area contributed by atoms with Crippen molar-refractivity contribution in [1.82, 2.24) is 19.9 Å². The lowest BCUT2D eigenvalue weighted by molar-refractivity contribution is -0.137. The predicted molar refractivity (Wildman–Crippen MR) is 165 cm³/mol. The van der Waals surface area contributed by atoms with Crippen LogP contribution in [0.3, 0.4) is 0 Å². The van der Waals surface area contributed by atoms with Crippen LogP contribution in [-0.2, 0) is 17.8 Å². The number of hydrogen-bond donors (Lipinski definition) is 1. The second kappa shape index (κ2) is 13.8. The number of carbonyl (C=O) groups is 1. The van der Waals surface area contributed by atoms with Crippen molar-refractivity contribution in [3.05, 3.63) is 109 Å². The van der Waals surface area contributed by atoms with Crippen molar-refractivity contribution in [2.24, 2.45) is 0 Å². The van der Waals surface area contributed by atoms with Crippen LogP contribution in [0.5, 0.6) is 11.5 Å². The summed E-state index contributed by atoms with van der Waals surface area (Å²) in [5.74, 6) is 2.78. The van der Waals surface area contributed by atoms with Gasteiger partial charge < -0.3 is 23.9 Å². The Morgan fingerprint density at radius 3 is 2.18 bits per heavy atom. The zero-order chi connectivity index (χ0) is 30.1. The molecular formula is C34H33N5O5. The van der Waals surface area contributed by atoms with Gasteiger partial charge in [-0.15, -0.1) is 0 Å². The quantitative estimate of drug-likeness (QED) is 0.246. The molecule has 1 saturated heterocycles. The molecule has 10 nitrogen and oxygen atoms in total. The fourth-order valence-electron chi connectivity index (χ4n) is 5.12. The van der Waals surface area contributed by atoms with Crippen LogP contribution in [0.1, 0.15) is 17.9 Å². The van der Waals surface area contributed by atoms with Crippen LogP contribution in [0.15, 0.2) is 102 Å². The Morgan fingerprint density at radius 1 is 0.795 bits per heavy atom. The summed E-state index contributed by atoms with van der Waals surface area (Å²) in [5, 5.41) is 8.82. The van der Waals surface area contributed by atoms with E-state index in [2.05, 4.69) is 36.9 Å². The van der Waals surface area contributed by atoms with E-state index in [0.29, 0.717) is 18.4 Å². The molecule has 0 unspecified atom stereocenters. The van der Waals surface area contributed by atoms with E-state index in [1.807, 2.05) is 72.8 Å². The first-order valence-electron chi connectivity index (χ1n) is 14.6. The molecule has 5 aromatic rings. The molecule has 0 bridgehead atoms. The van der Waals surface area contributed by atoms with Gasteiger partial charge >= 0.3 is 5.97 Å². The number of oxazole rings is 1. The Kier molecular flexibility index (Phi) is 9.08. The van der Waals surface area contributed by atoms with Crippen LogP contribution in [0.2, 0.25) is 0 Å². The standard InChI is InChI=1S/C18H15NO3.C16H18N4O2/c20-16(21)12-11-15-19-17(13-7-3-1-4-8-13)18(22-15)14-9-5-2-6-10-14;1-4-17-16(18-5-1)20-8-6-19(7-9-20)11-13-2-3-14-15(10-13)22-12-21-14/h1-10H,11-12H2,(H,20,21);1-5,10H,6-9,11-12H2. The molecule has 4 heterocycles. The number of piperazine rings is 1. The molecule has 3 aromatic carbocycles. The Morgan fingerprint density at radius 2 is 1.48 bits per heavy atom. The first-order valence-corrected chi connectivity index (χ1v) is 14.6. The van der Waals surface area contributed by atoms with E-state index in [-0.39, 0.29) is 12.8 Å². The van der Waals surface area contributed by atoms with E-state index in [0.717, 1.165) is 67.0 Å². The molecule has 7 rings (SSSR count). The van der Waals surface area contributed by atoms with Crippen molar-refractivity contribution in [3.63, 3.8) is 0 Å². The van der Waals surface area contributed by atoms with E-state index >= 15 is 0 Å². The van der Waals surface area contributed by atoms with Gasteiger partial charge in [0, 0.05) is 62.7 Å². The van der Waals surface area contributed by atoms with Crippen molar-refractivity contribution in [2.75, 3.05) is 37.9 Å². The Labute approximate surface area is 255 Å². The lowest BCUT2D eigenvalue weighted by atomic mass is 10.1. The maximum absolute atomic E-state index is 10.7. The molecule has 0 aliphatic carbocycles. The number of aromatic nitrogens is 3. The van der Waals surface area contributed by atoms with Crippen LogP contribution in [0, 0.1) is 0 Å². The minimum absolute atomic E-state index is 0.00295. The number of fused-ring (bicyclic) bond motifs is 1. The number of carboxylic acids is 1. The van der Waals surface area contributed by atoms with Gasteiger partial charge in [0.05, 0.1) is 6.42 Å². The molecule has 2 aliphatic heterocycles. The first-order chi connectivity index (χ1) is 21.6. The summed E-state index contributed by atoms with van der Waals surface area (Å²) in [4.78, 5) is 28.5. The molecular weight excluding hydrogens is 558 g/mol. The number of hydrogen-bond acceptors (Lipinski definition) is 9. The fraction of sp³-hybridized carbons (Fsp3) is 0.235. The SMILES string of the molecule is O=C(O)CCc1nc(-c2ccccc2)c(-c2ccccc2)o1.c1cnc(N2CCN(Cc3ccc4c(c3)OCO4)CC2)nc1. The second-order valence-electron chi connectivity index (χ2n) is 10.4. The van der Waals surface area contributed by atoms with E-state index < -0.39 is 5.97 Å². The number of rotatable bonds is 8. The number of anilines is 1. The predicted octanol–water partition coefficient (Wildman–Crippen LogP) is 5.55. The molecule has 224 valence electrons. The van der Waals surface area contributed by atoms with Gasteiger partial charge in [0.2, 0.25) is 12.7 Å². The highest BCUT2D eigenvalue weighted by atomic mass is 16.7. The fourth-order valence-corrected chi connectivity index (χ4v) is 5.12. The molecule has 1 N–H and O–H groups in total. The summed E-state index contributed by atoms with van der Waals surface area (Å²) in [6, 6.07) is 27.5. The van der Waals surface area contributed by atoms with Crippen LogP contribution in [-0.4, -0.2) is 63.9 Å². The van der Waals surface area contributed by atoms with Crippen molar-refractivity contribution >= 4 is 11.9 Å². The van der Waals surface area contributed by atoms with Crippen molar-refractivity contribution in [3.8, 4) is 34.1 Å². The second-order valence-corrected chi connectivity index (χ2v) is 10.4. The summed E-state index contributed by atoms with van der Waals surface area (Å²) < 4.78 is 16.6. The summed E-state index contributed by atoms with van der Waals surface area (Å²) in [7, 11) is 0. The molecule has 0 spiro atoms. The number of nitrogens with zero attached hydrogens (tertiary/aromatic N) is 5. The number of aryl methyl sites for hydroxylation is 1. The lowest BCUT2D eigenvalue weighted by Crippen LogP contribution is -2.46. The molecule has 1 fully saturated rings. The van der Waals surface area contributed by atoms with E-state index in [1.165, 1.54) is 5.56 Å². The topological polar surface area (TPSA) is 114 Å². The highest BCUT2D eigenvalue weighted by Crippen LogP contribution is 2.34. The number of aliphatic carboxylic acids is 1. The van der Waals surface area contributed by atoms with Crippen LogP contribution >= 0.6 is 0 Å². The third-order valence-electron chi connectivity index (χ3n) is 7.36. The minimum atomic E-state index is -0.860. The Bertz CT molecular complexity index is 1600. The van der Waals surface area contributed by atoms with Gasteiger partial charge in [0.15, 0.2) is 23.1 Å². The largest absolute Gasteiger partial charge is 0.481 e. The molecule has 10 heteroatoms. The average molecular weight is 592 g/mol. The zero-order valence-electron chi connectivity index (χ0n) is 24.2. The minimum Gasteiger partial charge on any atom is -0.481 e. The zero-order valence-corrected chi connectivity index (χ0v) is 24.2. The van der Waals surface area contributed by atoms with Gasteiger partial charge in [-0.2, -0.15) is 0 Å². The van der Waals surface area contributed by atoms with Gasteiger partial charge in [0.1, 0.15) is 5.69 Å². The van der Waals surface area contributed by atoms with Crippen LogP contribution < -0.4 is 14.4 Å². The van der Waals surface area contributed by atoms with Crippen LogP contribution in [0.25, 0.3) is 22.6 Å². The van der Waals surface area contributed by atoms with E-state index in [4.69, 9.17) is 19.0 Å². The van der Waals surface area contributed by atoms with Gasteiger partial charge in [0.25, 0.3) is 0 Å². The van der Waals surface area contributed by atoms with E-state index in [1.54, 1.807) is 12.4 Å². The van der Waals surface area contributed by atoms with Gasteiger partial charge in [-0.05, 0) is 23.8 Å². The number of benzene rings is 3. The third-order valence-corrected chi connectivity index (χ3v) is 7.36. The molecule has 2 aliphatic rings. The molecule has 44 heavy (non-hydrogen) atoms. The van der Waals surface area contributed by atoms with Crippen molar-refractivity contribution in [2.45, 2.75) is 19.4 Å². The first kappa shape index (κ1) is 28.9. The average Bonchev–Trinajstić information content (AvgIpc) is 3.73. The summed E-state index contributed by atoms with van der Waals surface area (Å²) in [6.45, 7) is 5.18. The molecule has 0 radical (unpaired) electrons. The van der Waals surface area contributed by atoms with Gasteiger partial charge in [-0.3, -0.25) is 9.69 Å². The summed E-state index contributed by atoms with van der Waals surface area (Å²) >= 11 is 0. The van der Waals surface area contributed by atoms with E-state index in [9.17, 15) is 4.79 Å². The monoisotopic (exact) mass is 591 g/mol. The lowest BCUT2D eigenvalue weighted by Gasteiger charge is -2.34. The van der Waals surface area contributed by atoms with Crippen molar-refractivity contribution < 1.29 is 23.8 Å². The maximum Gasteiger partial charge on any atom is 0.303 e. The smallest absolute Gasteiger partial charge is 0.303 e. The third kappa shape index (κ3) is 7.22. The molecule has 0 amide bonds. The van der Waals surface area contributed by atoms with Crippen molar-refractivity contribution in [1.29, 1.82) is 0 Å². The highest BCUT2D eigenvalue weighted by Gasteiger charge is 2.20. The van der Waals surface area contributed by atoms with Gasteiger partial charge in [-0.1, -0.05) is 66.7 Å². The maximum atomic E-state index is 10.7. The molecule has 2 aromatic heterocycles. The van der Waals surface area contributed by atoms with Crippen LogP contribution in [0.4, 0.5) is 5.95 Å². The molecule has 0 saturated carbocycles. The Hall–Kier alpha value is -5.22. The number of ether oxygens (including phenoxy) is 2. The highest BCUT2D eigenvalue weighted by molar-refractivity contribution is 5.77. The number of carboxylic acid groups (broad SMARTS) is 1. The summed E-state index contributed by atoms with van der Waals surface area (Å²) in [6.07, 6.45) is 3.87. The summed E-state index contributed by atoms with van der Waals surface area (Å²) in [5.41, 5.74) is 3.88.